The number of nitrogens with zero attached hydrogens (tertiary/aromatic N) is 3. The molecule has 0 radical (unpaired) electrons. The molecule has 0 aliphatic carbocycles. The Labute approximate surface area is 140 Å². The second-order valence-electron chi connectivity index (χ2n) is 5.45. The fourth-order valence-corrected chi connectivity index (χ4v) is 2.12. The minimum atomic E-state index is -0.400. The SMILES string of the molecule is Cc1ccc(Oc2ccc(NC(=O)C(C)n3cccn3)cn2)cc1. The van der Waals surface area contributed by atoms with Gasteiger partial charge in [0.25, 0.3) is 0 Å². The lowest BCUT2D eigenvalue weighted by atomic mass is 10.2. The molecule has 0 spiro atoms. The third-order valence-electron chi connectivity index (χ3n) is 3.55. The van der Waals surface area contributed by atoms with E-state index in [1.54, 1.807) is 48.4 Å². The number of carbonyl (C=O) groups excluding carboxylic acids is 1. The number of aromatic nitrogens is 3. The average Bonchev–Trinajstić information content (AvgIpc) is 3.12. The smallest absolute Gasteiger partial charge is 0.248 e. The van der Waals surface area contributed by atoms with E-state index in [2.05, 4.69) is 15.4 Å². The second-order valence-corrected chi connectivity index (χ2v) is 5.45. The molecular formula is C18H18N4O2. The van der Waals surface area contributed by atoms with Gasteiger partial charge in [-0.25, -0.2) is 4.98 Å². The van der Waals surface area contributed by atoms with Crippen LogP contribution in [0, 0.1) is 6.92 Å². The van der Waals surface area contributed by atoms with Crippen LogP contribution < -0.4 is 10.1 Å². The number of benzene rings is 1. The minimum absolute atomic E-state index is 0.160. The molecule has 0 fully saturated rings. The Balaban J connectivity index is 1.62. The fraction of sp³-hybridized carbons (Fsp3) is 0.167. The third-order valence-corrected chi connectivity index (χ3v) is 3.55. The van der Waals surface area contributed by atoms with Crippen LogP contribution in [0.1, 0.15) is 18.5 Å². The minimum Gasteiger partial charge on any atom is -0.439 e. The van der Waals surface area contributed by atoms with E-state index in [1.165, 1.54) is 5.56 Å². The Morgan fingerprint density at radius 3 is 2.62 bits per heavy atom. The Bertz CT molecular complexity index is 796. The molecule has 0 saturated carbocycles. The summed E-state index contributed by atoms with van der Waals surface area (Å²) < 4.78 is 7.26. The normalized spacial score (nSPS) is 11.8. The summed E-state index contributed by atoms with van der Waals surface area (Å²) in [6.45, 7) is 3.80. The number of carbonyl (C=O) groups is 1. The van der Waals surface area contributed by atoms with Gasteiger partial charge < -0.3 is 10.1 Å². The molecule has 0 aliphatic rings. The lowest BCUT2D eigenvalue weighted by Gasteiger charge is -2.12. The molecule has 0 bridgehead atoms. The molecule has 1 aromatic carbocycles. The van der Waals surface area contributed by atoms with Crippen LogP contribution >= 0.6 is 0 Å². The first-order chi connectivity index (χ1) is 11.6. The standard InChI is InChI=1S/C18H18N4O2/c1-13-4-7-16(8-5-13)24-17-9-6-15(12-19-17)21-18(23)14(2)22-11-3-10-20-22/h3-12,14H,1-2H3,(H,21,23). The number of hydrogen-bond donors (Lipinski definition) is 1. The highest BCUT2D eigenvalue weighted by Crippen LogP contribution is 2.21. The van der Waals surface area contributed by atoms with Gasteiger partial charge in [-0.1, -0.05) is 17.7 Å². The quantitative estimate of drug-likeness (QED) is 0.779. The summed E-state index contributed by atoms with van der Waals surface area (Å²) in [4.78, 5) is 16.4. The van der Waals surface area contributed by atoms with Crippen LogP contribution in [0.4, 0.5) is 5.69 Å². The van der Waals surface area contributed by atoms with Crippen molar-refractivity contribution in [3.05, 3.63) is 66.6 Å². The molecule has 2 heterocycles. The van der Waals surface area contributed by atoms with E-state index < -0.39 is 6.04 Å². The summed E-state index contributed by atoms with van der Waals surface area (Å²) in [5.74, 6) is 1.03. The molecule has 0 saturated heterocycles. The molecule has 1 atom stereocenters. The summed E-state index contributed by atoms with van der Waals surface area (Å²) in [6, 6.07) is 12.6. The number of rotatable bonds is 5. The number of amides is 1. The summed E-state index contributed by atoms with van der Waals surface area (Å²) >= 11 is 0. The van der Waals surface area contributed by atoms with Gasteiger partial charge in [-0.2, -0.15) is 5.10 Å². The highest BCUT2D eigenvalue weighted by molar-refractivity contribution is 5.93. The number of hydrogen-bond acceptors (Lipinski definition) is 4. The number of aryl methyl sites for hydroxylation is 1. The molecule has 24 heavy (non-hydrogen) atoms. The van der Waals surface area contributed by atoms with Gasteiger partial charge in [0.1, 0.15) is 11.8 Å². The van der Waals surface area contributed by atoms with Gasteiger partial charge in [-0.3, -0.25) is 9.48 Å². The maximum absolute atomic E-state index is 12.2. The lowest BCUT2D eigenvalue weighted by Crippen LogP contribution is -2.24. The lowest BCUT2D eigenvalue weighted by molar-refractivity contribution is -0.119. The molecule has 1 amide bonds. The number of nitrogens with one attached hydrogen (secondary N) is 1. The first kappa shape index (κ1) is 15.7. The van der Waals surface area contributed by atoms with Gasteiger partial charge in [0, 0.05) is 18.5 Å². The zero-order valence-electron chi connectivity index (χ0n) is 13.5. The predicted molar refractivity (Wildman–Crippen MR) is 91.1 cm³/mol. The Hall–Kier alpha value is -3.15. The Kier molecular flexibility index (Phi) is 4.56. The largest absolute Gasteiger partial charge is 0.439 e. The van der Waals surface area contributed by atoms with Gasteiger partial charge in [-0.15, -0.1) is 0 Å². The van der Waals surface area contributed by atoms with Crippen LogP contribution in [-0.4, -0.2) is 20.7 Å². The molecule has 2 aromatic heterocycles. The van der Waals surface area contributed by atoms with Crippen molar-refractivity contribution < 1.29 is 9.53 Å². The van der Waals surface area contributed by atoms with Crippen molar-refractivity contribution in [3.8, 4) is 11.6 Å². The summed E-state index contributed by atoms with van der Waals surface area (Å²) in [5.41, 5.74) is 1.77. The van der Waals surface area contributed by atoms with E-state index in [0.29, 0.717) is 11.6 Å². The van der Waals surface area contributed by atoms with Crippen LogP contribution in [0.3, 0.4) is 0 Å². The van der Waals surface area contributed by atoms with Crippen LogP contribution in [0.15, 0.2) is 61.1 Å². The van der Waals surface area contributed by atoms with E-state index in [4.69, 9.17) is 4.74 Å². The molecule has 3 aromatic rings. The van der Waals surface area contributed by atoms with Gasteiger partial charge in [-0.05, 0) is 38.1 Å². The van der Waals surface area contributed by atoms with E-state index in [1.807, 2.05) is 31.2 Å². The average molecular weight is 322 g/mol. The summed E-state index contributed by atoms with van der Waals surface area (Å²) in [7, 11) is 0. The van der Waals surface area contributed by atoms with E-state index in [0.717, 1.165) is 5.75 Å². The number of ether oxygens (including phenoxy) is 1. The van der Waals surface area contributed by atoms with Crippen molar-refractivity contribution in [2.75, 3.05) is 5.32 Å². The maximum Gasteiger partial charge on any atom is 0.248 e. The predicted octanol–water partition coefficient (Wildman–Crippen LogP) is 3.58. The first-order valence-electron chi connectivity index (χ1n) is 7.62. The summed E-state index contributed by atoms with van der Waals surface area (Å²) in [6.07, 6.45) is 4.96. The molecule has 1 unspecified atom stereocenters. The van der Waals surface area contributed by atoms with Crippen LogP contribution in [-0.2, 0) is 4.79 Å². The highest BCUT2D eigenvalue weighted by atomic mass is 16.5. The summed E-state index contributed by atoms with van der Waals surface area (Å²) in [5, 5.41) is 6.88. The van der Waals surface area contributed by atoms with Crippen molar-refractivity contribution in [2.24, 2.45) is 0 Å². The van der Waals surface area contributed by atoms with E-state index in [-0.39, 0.29) is 5.91 Å². The molecule has 0 aliphatic heterocycles. The zero-order chi connectivity index (χ0) is 16.9. The molecule has 6 nitrogen and oxygen atoms in total. The van der Waals surface area contributed by atoms with Crippen molar-refractivity contribution in [1.82, 2.24) is 14.8 Å². The van der Waals surface area contributed by atoms with Crippen LogP contribution in [0.2, 0.25) is 0 Å². The Morgan fingerprint density at radius 2 is 2.00 bits per heavy atom. The fourth-order valence-electron chi connectivity index (χ4n) is 2.12. The monoisotopic (exact) mass is 322 g/mol. The van der Waals surface area contributed by atoms with Gasteiger partial charge in [0.05, 0.1) is 11.9 Å². The van der Waals surface area contributed by atoms with Gasteiger partial charge in [0.15, 0.2) is 0 Å². The molecular weight excluding hydrogens is 304 g/mol. The van der Waals surface area contributed by atoms with Crippen molar-refractivity contribution in [3.63, 3.8) is 0 Å². The first-order valence-corrected chi connectivity index (χ1v) is 7.62. The van der Waals surface area contributed by atoms with Crippen LogP contribution in [0.25, 0.3) is 0 Å². The van der Waals surface area contributed by atoms with Gasteiger partial charge >= 0.3 is 0 Å². The topological polar surface area (TPSA) is 69.0 Å². The van der Waals surface area contributed by atoms with E-state index >= 15 is 0 Å². The van der Waals surface area contributed by atoms with Crippen LogP contribution in [0.5, 0.6) is 11.6 Å². The number of pyridine rings is 1. The molecule has 1 N–H and O–H groups in total. The van der Waals surface area contributed by atoms with Crippen molar-refractivity contribution in [1.29, 1.82) is 0 Å². The van der Waals surface area contributed by atoms with E-state index in [9.17, 15) is 4.79 Å². The second kappa shape index (κ2) is 6.95. The van der Waals surface area contributed by atoms with Crippen molar-refractivity contribution >= 4 is 11.6 Å². The molecule has 122 valence electrons. The molecule has 3 rings (SSSR count). The zero-order valence-corrected chi connectivity index (χ0v) is 13.5. The number of anilines is 1. The van der Waals surface area contributed by atoms with Gasteiger partial charge in [0.2, 0.25) is 11.8 Å². The third kappa shape index (κ3) is 3.78. The maximum atomic E-state index is 12.2. The molecule has 6 heteroatoms. The Morgan fingerprint density at radius 1 is 1.21 bits per heavy atom. The van der Waals surface area contributed by atoms with Crippen molar-refractivity contribution in [2.45, 2.75) is 19.9 Å². The highest BCUT2D eigenvalue weighted by Gasteiger charge is 2.15.